The van der Waals surface area contributed by atoms with Gasteiger partial charge in [-0.3, -0.25) is 0 Å². The van der Waals surface area contributed by atoms with Crippen LogP contribution in [0.1, 0.15) is 13.8 Å². The number of aromatic nitrogens is 2. The third kappa shape index (κ3) is 4.88. The summed E-state index contributed by atoms with van der Waals surface area (Å²) in [4.78, 5) is 19.7. The molecule has 0 fully saturated rings. The number of ether oxygens (including phenoxy) is 3. The number of carbonyl (C=O) groups is 1. The van der Waals surface area contributed by atoms with Crippen LogP contribution in [0, 0.1) is 5.92 Å². The Morgan fingerprint density at radius 2 is 2.00 bits per heavy atom. The van der Waals surface area contributed by atoms with Crippen LogP contribution in [0.15, 0.2) is 45.5 Å². The van der Waals surface area contributed by atoms with Crippen LogP contribution in [0.3, 0.4) is 0 Å². The second-order valence-electron chi connectivity index (χ2n) is 6.21. The Bertz CT molecular complexity index is 929. The van der Waals surface area contributed by atoms with Crippen molar-refractivity contribution in [3.8, 4) is 17.2 Å². The summed E-state index contributed by atoms with van der Waals surface area (Å²) in [5, 5.41) is 0.681. The normalized spacial score (nSPS) is 12.1. The van der Waals surface area contributed by atoms with Crippen molar-refractivity contribution in [2.75, 3.05) is 26.4 Å². The molecule has 2 heterocycles. The molecule has 0 saturated carbocycles. The van der Waals surface area contributed by atoms with E-state index in [0.717, 1.165) is 10.0 Å². The van der Waals surface area contributed by atoms with Gasteiger partial charge in [0, 0.05) is 11.5 Å². The number of esters is 1. The van der Waals surface area contributed by atoms with Gasteiger partial charge in [0.2, 0.25) is 11.6 Å². The number of hydrogen-bond acceptors (Lipinski definition) is 7. The van der Waals surface area contributed by atoms with E-state index in [1.165, 1.54) is 6.33 Å². The monoisotopic (exact) mass is 448 g/mol. The predicted molar refractivity (Wildman–Crippen MR) is 107 cm³/mol. The standard InChI is InChI=1S/C20H21BrN2O5/c1-3-26-15(24)11-25-9-13(2)10-27-19-16-17(21)18(14-7-5-4-6-8-14)28-20(16)23-12-22-19/h4-8,12-13H,3,9-11H2,1-2H3/t13-/m1/s1. The number of carbonyl (C=O) groups excluding carboxylic acids is 1. The molecular formula is C20H21BrN2O5. The van der Waals surface area contributed by atoms with Crippen LogP contribution in [0.4, 0.5) is 0 Å². The summed E-state index contributed by atoms with van der Waals surface area (Å²) in [5.41, 5.74) is 1.38. The summed E-state index contributed by atoms with van der Waals surface area (Å²) < 4.78 is 22.7. The molecule has 0 saturated heterocycles. The van der Waals surface area contributed by atoms with E-state index in [9.17, 15) is 4.79 Å². The molecule has 0 aliphatic heterocycles. The van der Waals surface area contributed by atoms with E-state index in [1.807, 2.05) is 37.3 Å². The maximum atomic E-state index is 11.3. The minimum atomic E-state index is -0.371. The van der Waals surface area contributed by atoms with Crippen LogP contribution >= 0.6 is 15.9 Å². The highest BCUT2D eigenvalue weighted by molar-refractivity contribution is 9.10. The topological polar surface area (TPSA) is 83.7 Å². The predicted octanol–water partition coefficient (Wildman–Crippen LogP) is 4.25. The van der Waals surface area contributed by atoms with Gasteiger partial charge in [-0.1, -0.05) is 37.3 Å². The van der Waals surface area contributed by atoms with E-state index in [-0.39, 0.29) is 18.5 Å². The number of benzene rings is 1. The minimum Gasteiger partial charge on any atom is -0.477 e. The summed E-state index contributed by atoms with van der Waals surface area (Å²) in [5.74, 6) is 0.787. The highest BCUT2D eigenvalue weighted by Gasteiger charge is 2.20. The first kappa shape index (κ1) is 20.3. The zero-order chi connectivity index (χ0) is 19.9. The van der Waals surface area contributed by atoms with Gasteiger partial charge in [0.1, 0.15) is 18.3 Å². The lowest BCUT2D eigenvalue weighted by molar-refractivity contribution is -0.148. The van der Waals surface area contributed by atoms with Crippen molar-refractivity contribution in [3.05, 3.63) is 41.1 Å². The zero-order valence-corrected chi connectivity index (χ0v) is 17.3. The van der Waals surface area contributed by atoms with Gasteiger partial charge in [0.05, 0.1) is 24.3 Å². The van der Waals surface area contributed by atoms with Crippen LogP contribution in [0.5, 0.6) is 5.88 Å². The summed E-state index contributed by atoms with van der Waals surface area (Å²) in [6, 6.07) is 9.74. The molecule has 1 aromatic carbocycles. The van der Waals surface area contributed by atoms with E-state index in [0.29, 0.717) is 42.6 Å². The number of halogens is 1. The Kier molecular flexibility index (Phi) is 7.00. The van der Waals surface area contributed by atoms with Crippen LogP contribution in [0.2, 0.25) is 0 Å². The zero-order valence-electron chi connectivity index (χ0n) is 15.7. The van der Waals surface area contributed by atoms with Crippen molar-refractivity contribution in [2.24, 2.45) is 5.92 Å². The average molecular weight is 449 g/mol. The summed E-state index contributed by atoms with van der Waals surface area (Å²) in [7, 11) is 0. The Morgan fingerprint density at radius 1 is 1.21 bits per heavy atom. The first-order valence-corrected chi connectivity index (χ1v) is 9.74. The van der Waals surface area contributed by atoms with Crippen molar-refractivity contribution >= 4 is 33.0 Å². The maximum Gasteiger partial charge on any atom is 0.332 e. The molecule has 28 heavy (non-hydrogen) atoms. The summed E-state index contributed by atoms with van der Waals surface area (Å²) in [6.07, 6.45) is 1.41. The highest BCUT2D eigenvalue weighted by Crippen LogP contribution is 2.40. The molecule has 0 aliphatic carbocycles. The average Bonchev–Trinajstić information content (AvgIpc) is 3.04. The van der Waals surface area contributed by atoms with Gasteiger partial charge >= 0.3 is 5.97 Å². The molecule has 0 radical (unpaired) electrons. The van der Waals surface area contributed by atoms with Crippen LogP contribution in [-0.2, 0) is 14.3 Å². The van der Waals surface area contributed by atoms with Gasteiger partial charge in [-0.05, 0) is 22.9 Å². The third-order valence-electron chi connectivity index (χ3n) is 3.86. The van der Waals surface area contributed by atoms with Gasteiger partial charge in [-0.15, -0.1) is 0 Å². The van der Waals surface area contributed by atoms with Crippen molar-refractivity contribution in [1.29, 1.82) is 0 Å². The summed E-state index contributed by atoms with van der Waals surface area (Å²) in [6.45, 7) is 4.73. The van der Waals surface area contributed by atoms with Crippen molar-refractivity contribution in [1.82, 2.24) is 9.97 Å². The maximum absolute atomic E-state index is 11.3. The Balaban J connectivity index is 1.67. The molecular weight excluding hydrogens is 428 g/mol. The van der Waals surface area contributed by atoms with Gasteiger partial charge in [-0.25, -0.2) is 14.8 Å². The lowest BCUT2D eigenvalue weighted by Crippen LogP contribution is -2.19. The van der Waals surface area contributed by atoms with Crippen molar-refractivity contribution in [2.45, 2.75) is 13.8 Å². The van der Waals surface area contributed by atoms with E-state index < -0.39 is 0 Å². The number of furan rings is 1. The molecule has 0 aliphatic rings. The number of fused-ring (bicyclic) bond motifs is 1. The van der Waals surface area contributed by atoms with Gasteiger partial charge in [0.25, 0.3) is 0 Å². The molecule has 8 heteroatoms. The highest BCUT2D eigenvalue weighted by atomic mass is 79.9. The molecule has 2 aromatic heterocycles. The summed E-state index contributed by atoms with van der Waals surface area (Å²) >= 11 is 3.59. The first-order valence-electron chi connectivity index (χ1n) is 8.94. The lowest BCUT2D eigenvalue weighted by Gasteiger charge is -2.13. The minimum absolute atomic E-state index is 0.0544. The van der Waals surface area contributed by atoms with Crippen molar-refractivity contribution < 1.29 is 23.4 Å². The van der Waals surface area contributed by atoms with Crippen LogP contribution < -0.4 is 4.74 Å². The number of hydrogen-bond donors (Lipinski definition) is 0. The molecule has 0 spiro atoms. The van der Waals surface area contributed by atoms with Crippen molar-refractivity contribution in [3.63, 3.8) is 0 Å². The SMILES string of the molecule is CCOC(=O)COC[C@@H](C)COc1ncnc2oc(-c3ccccc3)c(Br)c12. The fourth-order valence-electron chi connectivity index (χ4n) is 2.57. The second-order valence-corrected chi connectivity index (χ2v) is 7.00. The molecule has 0 unspecified atom stereocenters. The Labute approximate surface area is 171 Å². The fourth-order valence-corrected chi connectivity index (χ4v) is 3.22. The molecule has 0 bridgehead atoms. The van der Waals surface area contributed by atoms with E-state index in [2.05, 4.69) is 25.9 Å². The van der Waals surface area contributed by atoms with Crippen LogP contribution in [0.25, 0.3) is 22.4 Å². The van der Waals surface area contributed by atoms with Crippen LogP contribution in [-0.4, -0.2) is 42.4 Å². The lowest BCUT2D eigenvalue weighted by atomic mass is 10.2. The van der Waals surface area contributed by atoms with Gasteiger partial charge in [0.15, 0.2) is 5.76 Å². The third-order valence-corrected chi connectivity index (χ3v) is 4.62. The Hall–Kier alpha value is -2.45. The molecule has 3 rings (SSSR count). The van der Waals surface area contributed by atoms with Gasteiger partial charge in [-0.2, -0.15) is 0 Å². The van der Waals surface area contributed by atoms with E-state index in [1.54, 1.807) is 6.92 Å². The fraction of sp³-hybridized carbons (Fsp3) is 0.350. The quantitative estimate of drug-likeness (QED) is 0.452. The number of nitrogens with zero attached hydrogens (tertiary/aromatic N) is 2. The van der Waals surface area contributed by atoms with E-state index in [4.69, 9.17) is 18.6 Å². The van der Waals surface area contributed by atoms with Gasteiger partial charge < -0.3 is 18.6 Å². The molecule has 1 atom stereocenters. The molecule has 0 amide bonds. The molecule has 7 nitrogen and oxygen atoms in total. The number of rotatable bonds is 9. The first-order chi connectivity index (χ1) is 13.6. The molecule has 3 aromatic rings. The van der Waals surface area contributed by atoms with E-state index >= 15 is 0 Å². The Morgan fingerprint density at radius 3 is 2.75 bits per heavy atom. The molecule has 0 N–H and O–H groups in total. The second kappa shape index (κ2) is 9.66. The smallest absolute Gasteiger partial charge is 0.332 e. The largest absolute Gasteiger partial charge is 0.477 e. The molecule has 148 valence electrons.